The van der Waals surface area contributed by atoms with Gasteiger partial charge in [0.2, 0.25) is 0 Å². The van der Waals surface area contributed by atoms with Crippen molar-refractivity contribution in [2.24, 2.45) is 0 Å². The van der Waals surface area contributed by atoms with Crippen molar-refractivity contribution in [1.29, 1.82) is 0 Å². The maximum atomic E-state index is 13.6. The molecule has 0 aliphatic carbocycles. The lowest BCUT2D eigenvalue weighted by atomic mass is 9.93. The Hall–Kier alpha value is -3.37. The minimum Gasteiger partial charge on any atom is -0.376 e. The number of carbonyl (C=O) groups excluding carboxylic acids is 1. The molecule has 0 spiro atoms. The molecule has 4 aromatic rings. The molecule has 6 rings (SSSR count). The number of amides is 1. The molecule has 32 heavy (non-hydrogen) atoms. The van der Waals surface area contributed by atoms with Gasteiger partial charge in [-0.15, -0.1) is 0 Å². The van der Waals surface area contributed by atoms with Crippen LogP contribution in [0.2, 0.25) is 0 Å². The average molecular weight is 423 g/mol. The molecule has 0 saturated carbocycles. The Morgan fingerprint density at radius 3 is 2.59 bits per heavy atom. The molecule has 0 radical (unpaired) electrons. The van der Waals surface area contributed by atoms with Crippen molar-refractivity contribution < 1.29 is 9.53 Å². The molecule has 3 heterocycles. The van der Waals surface area contributed by atoms with Crippen LogP contribution in [0.1, 0.15) is 45.9 Å². The number of aromatic nitrogens is 1. The van der Waals surface area contributed by atoms with Crippen LogP contribution in [0.25, 0.3) is 22.2 Å². The first-order chi connectivity index (χ1) is 15.7. The van der Waals surface area contributed by atoms with Gasteiger partial charge in [-0.05, 0) is 43.0 Å². The summed E-state index contributed by atoms with van der Waals surface area (Å²) in [4.78, 5) is 19.3. The molecule has 0 bridgehead atoms. The highest BCUT2D eigenvalue weighted by molar-refractivity contribution is 6.02. The Bertz CT molecular complexity index is 1300. The summed E-state index contributed by atoms with van der Waals surface area (Å²) in [5.41, 5.74) is 7.58. The summed E-state index contributed by atoms with van der Waals surface area (Å²) in [7, 11) is 0. The van der Waals surface area contributed by atoms with E-state index < -0.39 is 0 Å². The molecule has 3 aromatic carbocycles. The lowest BCUT2D eigenvalue weighted by Gasteiger charge is -2.28. The predicted molar refractivity (Wildman–Crippen MR) is 127 cm³/mol. The molecule has 160 valence electrons. The van der Waals surface area contributed by atoms with Crippen LogP contribution in [0.3, 0.4) is 0 Å². The van der Waals surface area contributed by atoms with Crippen LogP contribution in [-0.4, -0.2) is 35.0 Å². The second-order valence-electron chi connectivity index (χ2n) is 8.91. The Morgan fingerprint density at radius 2 is 1.78 bits per heavy atom. The third-order valence-electron chi connectivity index (χ3n) is 6.84. The number of aromatic amines is 1. The van der Waals surface area contributed by atoms with E-state index in [0.717, 1.165) is 52.7 Å². The van der Waals surface area contributed by atoms with Gasteiger partial charge in [0.25, 0.3) is 5.91 Å². The zero-order valence-corrected chi connectivity index (χ0v) is 18.2. The molecule has 2 aliphatic rings. The Labute approximate surface area is 187 Å². The van der Waals surface area contributed by atoms with Crippen molar-refractivity contribution in [2.45, 2.75) is 31.9 Å². The van der Waals surface area contributed by atoms with E-state index in [-0.39, 0.29) is 18.1 Å². The van der Waals surface area contributed by atoms with Gasteiger partial charge in [0, 0.05) is 35.2 Å². The normalized spacial score (nSPS) is 20.3. The fourth-order valence-electron chi connectivity index (χ4n) is 5.27. The smallest absolute Gasteiger partial charge is 0.255 e. The van der Waals surface area contributed by atoms with Crippen molar-refractivity contribution in [3.63, 3.8) is 0 Å². The zero-order valence-electron chi connectivity index (χ0n) is 18.2. The first-order valence-electron chi connectivity index (χ1n) is 11.4. The number of nitrogens with one attached hydrogen (secondary N) is 1. The van der Waals surface area contributed by atoms with E-state index in [1.807, 2.05) is 23.1 Å². The second kappa shape index (κ2) is 7.64. The number of carbonyl (C=O) groups is 1. The number of benzene rings is 3. The van der Waals surface area contributed by atoms with Gasteiger partial charge in [0.05, 0.1) is 17.8 Å². The summed E-state index contributed by atoms with van der Waals surface area (Å²) in [5, 5.41) is 1.16. The summed E-state index contributed by atoms with van der Waals surface area (Å²) in [6, 6.07) is 24.9. The van der Waals surface area contributed by atoms with Gasteiger partial charge >= 0.3 is 0 Å². The van der Waals surface area contributed by atoms with Crippen molar-refractivity contribution >= 4 is 16.8 Å². The molecule has 1 amide bonds. The van der Waals surface area contributed by atoms with Crippen molar-refractivity contribution in [1.82, 2.24) is 9.88 Å². The second-order valence-corrected chi connectivity index (χ2v) is 8.91. The first kappa shape index (κ1) is 19.3. The summed E-state index contributed by atoms with van der Waals surface area (Å²) in [6.45, 7) is 3.50. The van der Waals surface area contributed by atoms with Gasteiger partial charge in [-0.1, -0.05) is 66.2 Å². The minimum absolute atomic E-state index is 0.0984. The SMILES string of the molecule is Cc1ccc(-c2[nH]c3ccccc3c2[C@H]2c3ccccc3C(=O)N2C[C@@H]2CCCO2)cc1. The topological polar surface area (TPSA) is 45.3 Å². The lowest BCUT2D eigenvalue weighted by molar-refractivity contribution is 0.0501. The van der Waals surface area contributed by atoms with Crippen LogP contribution in [0.15, 0.2) is 72.8 Å². The van der Waals surface area contributed by atoms with E-state index >= 15 is 0 Å². The quantitative estimate of drug-likeness (QED) is 0.447. The largest absolute Gasteiger partial charge is 0.376 e. The molecule has 2 atom stereocenters. The Balaban J connectivity index is 1.57. The monoisotopic (exact) mass is 422 g/mol. The van der Waals surface area contributed by atoms with Crippen molar-refractivity contribution in [3.05, 3.63) is 95.1 Å². The van der Waals surface area contributed by atoms with Crippen LogP contribution in [0.5, 0.6) is 0 Å². The molecule has 4 nitrogen and oxygen atoms in total. The number of H-pyrrole nitrogens is 1. The molecule has 1 saturated heterocycles. The summed E-state index contributed by atoms with van der Waals surface area (Å²) < 4.78 is 5.94. The highest BCUT2D eigenvalue weighted by Gasteiger charge is 2.41. The maximum Gasteiger partial charge on any atom is 0.255 e. The molecule has 1 aromatic heterocycles. The minimum atomic E-state index is -0.143. The number of fused-ring (bicyclic) bond motifs is 2. The van der Waals surface area contributed by atoms with Gasteiger partial charge in [0.1, 0.15) is 0 Å². The summed E-state index contributed by atoms with van der Waals surface area (Å²) in [6.07, 6.45) is 2.17. The van der Waals surface area contributed by atoms with E-state index in [2.05, 4.69) is 66.5 Å². The van der Waals surface area contributed by atoms with Crippen LogP contribution >= 0.6 is 0 Å². The van der Waals surface area contributed by atoms with Gasteiger partial charge < -0.3 is 14.6 Å². The van der Waals surface area contributed by atoms with E-state index in [1.165, 1.54) is 11.1 Å². The number of para-hydroxylation sites is 1. The first-order valence-corrected chi connectivity index (χ1v) is 11.4. The molecular formula is C28H26N2O2. The number of hydrogen-bond acceptors (Lipinski definition) is 2. The van der Waals surface area contributed by atoms with Gasteiger partial charge in [-0.2, -0.15) is 0 Å². The van der Waals surface area contributed by atoms with Crippen molar-refractivity contribution in [3.8, 4) is 11.3 Å². The Morgan fingerprint density at radius 1 is 1.00 bits per heavy atom. The average Bonchev–Trinajstić information content (AvgIpc) is 3.53. The Kier molecular flexibility index (Phi) is 4.62. The van der Waals surface area contributed by atoms with Crippen LogP contribution < -0.4 is 0 Å². The van der Waals surface area contributed by atoms with Crippen LogP contribution in [0, 0.1) is 6.92 Å². The molecular weight excluding hydrogens is 396 g/mol. The molecule has 2 aliphatic heterocycles. The number of nitrogens with zero attached hydrogens (tertiary/aromatic N) is 1. The number of ether oxygens (including phenoxy) is 1. The van der Waals surface area contributed by atoms with Gasteiger partial charge in [-0.3, -0.25) is 4.79 Å². The fraction of sp³-hybridized carbons (Fsp3) is 0.250. The van der Waals surface area contributed by atoms with Gasteiger partial charge in [-0.25, -0.2) is 0 Å². The molecule has 1 fully saturated rings. The lowest BCUT2D eigenvalue weighted by Crippen LogP contribution is -2.35. The van der Waals surface area contributed by atoms with Crippen LogP contribution in [0.4, 0.5) is 0 Å². The fourth-order valence-corrected chi connectivity index (χ4v) is 5.27. The number of hydrogen-bond donors (Lipinski definition) is 1. The van der Waals surface area contributed by atoms with E-state index in [4.69, 9.17) is 4.74 Å². The molecule has 1 N–H and O–H groups in total. The zero-order chi connectivity index (χ0) is 21.7. The van der Waals surface area contributed by atoms with E-state index in [9.17, 15) is 4.79 Å². The predicted octanol–water partition coefficient (Wildman–Crippen LogP) is 5.87. The molecule has 4 heteroatoms. The summed E-state index contributed by atoms with van der Waals surface area (Å²) >= 11 is 0. The van der Waals surface area contributed by atoms with E-state index in [1.54, 1.807) is 0 Å². The van der Waals surface area contributed by atoms with Crippen molar-refractivity contribution in [2.75, 3.05) is 13.2 Å². The number of rotatable bonds is 4. The van der Waals surface area contributed by atoms with E-state index in [0.29, 0.717) is 6.54 Å². The highest BCUT2D eigenvalue weighted by atomic mass is 16.5. The number of aryl methyl sites for hydroxylation is 1. The van der Waals surface area contributed by atoms with Crippen LogP contribution in [-0.2, 0) is 4.74 Å². The standard InChI is InChI=1S/C28H26N2O2/c1-18-12-14-19(15-13-18)26-25(23-10-4-5-11-24(23)29-26)27-21-8-2-3-9-22(21)28(31)30(27)17-20-7-6-16-32-20/h2-5,8-15,20,27,29H,6-7,16-17H2,1H3/t20-,27+/m0/s1. The molecule has 0 unspecified atom stereocenters. The maximum absolute atomic E-state index is 13.6. The third-order valence-corrected chi connectivity index (χ3v) is 6.84. The highest BCUT2D eigenvalue weighted by Crippen LogP contribution is 2.45. The van der Waals surface area contributed by atoms with Gasteiger partial charge in [0.15, 0.2) is 0 Å². The summed E-state index contributed by atoms with van der Waals surface area (Å²) in [5.74, 6) is 0.0984. The third kappa shape index (κ3) is 3.06.